The number of sulfonamides is 1. The van der Waals surface area contributed by atoms with Gasteiger partial charge in [-0.05, 0) is 77.2 Å². The second kappa shape index (κ2) is 9.35. The van der Waals surface area contributed by atoms with Crippen LogP contribution in [0.25, 0.3) is 0 Å². The molecule has 0 saturated carbocycles. The number of halogens is 1. The van der Waals surface area contributed by atoms with E-state index in [1.807, 2.05) is 6.07 Å². The molecule has 9 heteroatoms. The third-order valence-electron chi connectivity index (χ3n) is 4.16. The molecule has 1 amide bonds. The van der Waals surface area contributed by atoms with Gasteiger partial charge in [0.15, 0.2) is 0 Å². The maximum atomic E-state index is 12.7. The third kappa shape index (κ3) is 5.22. The molecule has 7 nitrogen and oxygen atoms in total. The zero-order valence-corrected chi connectivity index (χ0v) is 19.2. The molecule has 0 saturated heterocycles. The highest BCUT2D eigenvalue weighted by molar-refractivity contribution is 14.1. The fourth-order valence-corrected chi connectivity index (χ4v) is 4.25. The summed E-state index contributed by atoms with van der Waals surface area (Å²) in [4.78, 5) is 12.4. The van der Waals surface area contributed by atoms with Gasteiger partial charge < -0.3 is 14.8 Å². The Bertz CT molecular complexity index is 1160. The van der Waals surface area contributed by atoms with Crippen LogP contribution in [0.2, 0.25) is 0 Å². The first-order chi connectivity index (χ1) is 14.3. The first kappa shape index (κ1) is 21.9. The van der Waals surface area contributed by atoms with Gasteiger partial charge in [-0.15, -0.1) is 0 Å². The lowest BCUT2D eigenvalue weighted by atomic mass is 10.2. The second-order valence-corrected chi connectivity index (χ2v) is 9.09. The van der Waals surface area contributed by atoms with Crippen LogP contribution >= 0.6 is 22.6 Å². The van der Waals surface area contributed by atoms with Gasteiger partial charge in [0.25, 0.3) is 15.9 Å². The van der Waals surface area contributed by atoms with Crippen LogP contribution in [0.1, 0.15) is 10.4 Å². The van der Waals surface area contributed by atoms with Gasteiger partial charge in [-0.1, -0.05) is 6.07 Å². The Labute approximate surface area is 188 Å². The Kier molecular flexibility index (Phi) is 6.83. The van der Waals surface area contributed by atoms with Gasteiger partial charge in [0, 0.05) is 20.9 Å². The first-order valence-electron chi connectivity index (χ1n) is 8.74. The highest BCUT2D eigenvalue weighted by Gasteiger charge is 2.17. The standard InChI is InChI=1S/C21H19IN2O5S/c1-28-17-8-11-19(20(13-17)29-2)24-30(26,27)18-9-6-16(7-10-18)23-21(25)14-4-3-5-15(22)12-14/h3-13,24H,1-2H3,(H,23,25). The van der Waals surface area contributed by atoms with Crippen LogP contribution in [0.3, 0.4) is 0 Å². The fourth-order valence-electron chi connectivity index (χ4n) is 2.64. The number of methoxy groups -OCH3 is 2. The number of ether oxygens (including phenoxy) is 2. The van der Waals surface area contributed by atoms with Crippen LogP contribution in [0.5, 0.6) is 11.5 Å². The molecular weight excluding hydrogens is 519 g/mol. The van der Waals surface area contributed by atoms with E-state index >= 15 is 0 Å². The van der Waals surface area contributed by atoms with Crippen molar-refractivity contribution >= 4 is 49.9 Å². The van der Waals surface area contributed by atoms with E-state index in [1.54, 1.807) is 36.4 Å². The van der Waals surface area contributed by atoms with Crippen molar-refractivity contribution in [3.05, 3.63) is 75.9 Å². The Balaban J connectivity index is 1.76. The molecule has 2 N–H and O–H groups in total. The van der Waals surface area contributed by atoms with E-state index < -0.39 is 10.0 Å². The molecule has 3 aromatic carbocycles. The molecule has 0 radical (unpaired) electrons. The average molecular weight is 538 g/mol. The summed E-state index contributed by atoms with van der Waals surface area (Å²) in [6, 6.07) is 17.8. The van der Waals surface area contributed by atoms with Crippen molar-refractivity contribution in [2.75, 3.05) is 24.3 Å². The zero-order chi connectivity index (χ0) is 21.7. The molecule has 0 atom stereocenters. The molecule has 0 bridgehead atoms. The van der Waals surface area contributed by atoms with Gasteiger partial charge in [0.2, 0.25) is 0 Å². The van der Waals surface area contributed by atoms with E-state index in [4.69, 9.17) is 9.47 Å². The van der Waals surface area contributed by atoms with Gasteiger partial charge in [0.1, 0.15) is 11.5 Å². The van der Waals surface area contributed by atoms with E-state index in [2.05, 4.69) is 32.6 Å². The summed E-state index contributed by atoms with van der Waals surface area (Å²) in [6.45, 7) is 0. The van der Waals surface area contributed by atoms with Gasteiger partial charge >= 0.3 is 0 Å². The van der Waals surface area contributed by atoms with Crippen molar-refractivity contribution in [1.29, 1.82) is 0 Å². The molecule has 0 aromatic heterocycles. The minimum Gasteiger partial charge on any atom is -0.497 e. The zero-order valence-electron chi connectivity index (χ0n) is 16.2. The Hall–Kier alpha value is -2.79. The molecule has 0 aliphatic heterocycles. The molecule has 0 unspecified atom stereocenters. The lowest BCUT2D eigenvalue weighted by Crippen LogP contribution is -2.14. The number of hydrogen-bond donors (Lipinski definition) is 2. The van der Waals surface area contributed by atoms with Crippen molar-refractivity contribution in [2.24, 2.45) is 0 Å². The summed E-state index contributed by atoms with van der Waals surface area (Å²) in [7, 11) is -0.899. The molecule has 3 aromatic rings. The maximum absolute atomic E-state index is 12.7. The van der Waals surface area contributed by atoms with Crippen LogP contribution in [-0.2, 0) is 10.0 Å². The number of nitrogens with one attached hydrogen (secondary N) is 2. The number of carbonyl (C=O) groups is 1. The van der Waals surface area contributed by atoms with E-state index in [0.717, 1.165) is 3.57 Å². The van der Waals surface area contributed by atoms with Gasteiger partial charge in [-0.2, -0.15) is 0 Å². The molecule has 156 valence electrons. The van der Waals surface area contributed by atoms with E-state index in [0.29, 0.717) is 22.7 Å². The van der Waals surface area contributed by atoms with Gasteiger partial charge in [-0.3, -0.25) is 9.52 Å². The number of amides is 1. The van der Waals surface area contributed by atoms with E-state index in [9.17, 15) is 13.2 Å². The SMILES string of the molecule is COc1ccc(NS(=O)(=O)c2ccc(NC(=O)c3cccc(I)c3)cc2)c(OC)c1. The molecule has 0 spiro atoms. The third-order valence-corrected chi connectivity index (χ3v) is 6.21. The highest BCUT2D eigenvalue weighted by atomic mass is 127. The van der Waals surface area contributed by atoms with Crippen LogP contribution < -0.4 is 19.5 Å². The van der Waals surface area contributed by atoms with Crippen LogP contribution in [-0.4, -0.2) is 28.5 Å². The summed E-state index contributed by atoms with van der Waals surface area (Å²) in [6.07, 6.45) is 0. The topological polar surface area (TPSA) is 93.7 Å². The minimum absolute atomic E-state index is 0.0487. The van der Waals surface area contributed by atoms with Gasteiger partial charge in [-0.25, -0.2) is 8.42 Å². The summed E-state index contributed by atoms with van der Waals surface area (Å²) in [5, 5.41) is 2.75. The van der Waals surface area contributed by atoms with Crippen molar-refractivity contribution in [1.82, 2.24) is 0 Å². The molecule has 0 heterocycles. The normalized spacial score (nSPS) is 10.9. The maximum Gasteiger partial charge on any atom is 0.262 e. The monoisotopic (exact) mass is 538 g/mol. The van der Waals surface area contributed by atoms with Gasteiger partial charge in [0.05, 0.1) is 24.8 Å². The smallest absolute Gasteiger partial charge is 0.262 e. The van der Waals surface area contributed by atoms with Crippen molar-refractivity contribution < 1.29 is 22.7 Å². The predicted molar refractivity (Wildman–Crippen MR) is 124 cm³/mol. The van der Waals surface area contributed by atoms with Crippen molar-refractivity contribution in [2.45, 2.75) is 4.90 Å². The Morgan fingerprint density at radius 1 is 0.933 bits per heavy atom. The summed E-state index contributed by atoms with van der Waals surface area (Å²) in [5.41, 5.74) is 1.29. The number of benzene rings is 3. The molecule has 0 fully saturated rings. The van der Waals surface area contributed by atoms with Crippen molar-refractivity contribution in [3.8, 4) is 11.5 Å². The Morgan fingerprint density at radius 2 is 1.67 bits per heavy atom. The summed E-state index contributed by atoms with van der Waals surface area (Å²) < 4.78 is 39.3. The number of carbonyl (C=O) groups excluding carboxylic acids is 1. The summed E-state index contributed by atoms with van der Waals surface area (Å²) >= 11 is 2.13. The minimum atomic E-state index is -3.85. The number of hydrogen-bond acceptors (Lipinski definition) is 5. The van der Waals surface area contributed by atoms with Crippen LogP contribution in [0, 0.1) is 3.57 Å². The number of anilines is 2. The molecule has 3 rings (SSSR count). The second-order valence-electron chi connectivity index (χ2n) is 6.16. The quantitative estimate of drug-likeness (QED) is 0.436. The van der Waals surface area contributed by atoms with Crippen LogP contribution in [0.4, 0.5) is 11.4 Å². The first-order valence-corrected chi connectivity index (χ1v) is 11.3. The Morgan fingerprint density at radius 3 is 2.30 bits per heavy atom. The number of rotatable bonds is 7. The lowest BCUT2D eigenvalue weighted by molar-refractivity contribution is 0.102. The molecular formula is C21H19IN2O5S. The molecule has 0 aliphatic carbocycles. The van der Waals surface area contributed by atoms with E-state index in [1.165, 1.54) is 38.5 Å². The average Bonchev–Trinajstić information content (AvgIpc) is 2.74. The largest absolute Gasteiger partial charge is 0.497 e. The fraction of sp³-hybridized carbons (Fsp3) is 0.0952. The van der Waals surface area contributed by atoms with Crippen molar-refractivity contribution in [3.63, 3.8) is 0 Å². The predicted octanol–water partition coefficient (Wildman–Crippen LogP) is 4.36. The lowest BCUT2D eigenvalue weighted by Gasteiger charge is -2.13. The molecule has 0 aliphatic rings. The summed E-state index contributed by atoms with van der Waals surface area (Å²) in [5.74, 6) is 0.604. The van der Waals surface area contributed by atoms with Crippen LogP contribution in [0.15, 0.2) is 71.6 Å². The highest BCUT2D eigenvalue weighted by Crippen LogP contribution is 2.31. The van der Waals surface area contributed by atoms with E-state index in [-0.39, 0.29) is 16.5 Å². The molecule has 30 heavy (non-hydrogen) atoms.